The van der Waals surface area contributed by atoms with Crippen LogP contribution in [0.2, 0.25) is 5.02 Å². The molecule has 2 amide bonds. The highest BCUT2D eigenvalue weighted by atomic mass is 35.5. The lowest BCUT2D eigenvalue weighted by Gasteiger charge is -2.34. The van der Waals surface area contributed by atoms with Gasteiger partial charge in [0, 0.05) is 57.4 Å². The van der Waals surface area contributed by atoms with Crippen molar-refractivity contribution in [2.24, 2.45) is 12.0 Å². The molecule has 4 rings (SSSR count). The van der Waals surface area contributed by atoms with Gasteiger partial charge >= 0.3 is 0 Å². The maximum absolute atomic E-state index is 13.0. The molecule has 1 saturated heterocycles. The number of sulfone groups is 1. The fourth-order valence-corrected chi connectivity index (χ4v) is 6.60. The third-order valence-electron chi connectivity index (χ3n) is 6.33. The van der Waals surface area contributed by atoms with Crippen LogP contribution >= 0.6 is 22.9 Å². The molecule has 0 unspecified atom stereocenters. The SMILES string of the molecule is CN=c1sc(C(=O)N2CCN(C(=O)CCS(=O)(=O)c3ccc4cc(Cl)ccc4c3)CC2)c(C)n1C. The topological polar surface area (TPSA) is 92.1 Å². The molecule has 2 aromatic carbocycles. The molecule has 0 saturated carbocycles. The third kappa shape index (κ3) is 5.29. The van der Waals surface area contributed by atoms with Gasteiger partial charge in [0.05, 0.1) is 10.6 Å². The maximum Gasteiger partial charge on any atom is 0.265 e. The number of carbonyl (C=O) groups is 2. The summed E-state index contributed by atoms with van der Waals surface area (Å²) >= 11 is 7.35. The normalized spacial score (nSPS) is 15.1. The third-order valence-corrected chi connectivity index (χ3v) is 9.60. The minimum absolute atomic E-state index is 0.0646. The fraction of sp³-hybridized carbons (Fsp3) is 0.375. The minimum Gasteiger partial charge on any atom is -0.339 e. The summed E-state index contributed by atoms with van der Waals surface area (Å²) in [6, 6.07) is 10.1. The van der Waals surface area contributed by atoms with Crippen LogP contribution in [0.5, 0.6) is 0 Å². The highest BCUT2D eigenvalue weighted by molar-refractivity contribution is 7.91. The summed E-state index contributed by atoms with van der Waals surface area (Å²) in [5.41, 5.74) is 0.862. The van der Waals surface area contributed by atoms with Gasteiger partial charge < -0.3 is 14.4 Å². The molecular weight excluding hydrogens is 508 g/mol. The number of piperazine rings is 1. The van der Waals surface area contributed by atoms with Crippen molar-refractivity contribution in [1.29, 1.82) is 0 Å². The predicted octanol–water partition coefficient (Wildman–Crippen LogP) is 2.88. The van der Waals surface area contributed by atoms with Crippen LogP contribution in [0.15, 0.2) is 46.3 Å². The molecule has 1 aliphatic rings. The summed E-state index contributed by atoms with van der Waals surface area (Å²) < 4.78 is 27.6. The van der Waals surface area contributed by atoms with E-state index in [0.29, 0.717) is 36.1 Å². The van der Waals surface area contributed by atoms with Crippen LogP contribution in [0, 0.1) is 6.92 Å². The molecule has 186 valence electrons. The number of hydrogen-bond donors (Lipinski definition) is 0. The first-order chi connectivity index (χ1) is 16.6. The number of fused-ring (bicyclic) bond motifs is 1. The number of amides is 2. The van der Waals surface area contributed by atoms with Crippen molar-refractivity contribution >= 4 is 55.4 Å². The molecular formula is C24H27ClN4O4S2. The first kappa shape index (κ1) is 25.4. The average Bonchev–Trinajstić information content (AvgIpc) is 3.15. The summed E-state index contributed by atoms with van der Waals surface area (Å²) in [6.07, 6.45) is -0.101. The highest BCUT2D eigenvalue weighted by Gasteiger charge is 2.28. The molecule has 0 radical (unpaired) electrons. The Balaban J connectivity index is 1.35. The number of nitrogens with zero attached hydrogens (tertiary/aromatic N) is 4. The van der Waals surface area contributed by atoms with E-state index in [-0.39, 0.29) is 28.9 Å². The molecule has 0 atom stereocenters. The first-order valence-corrected chi connectivity index (χ1v) is 14.0. The van der Waals surface area contributed by atoms with Gasteiger partial charge in [-0.05, 0) is 42.0 Å². The van der Waals surface area contributed by atoms with E-state index in [1.165, 1.54) is 11.3 Å². The molecule has 35 heavy (non-hydrogen) atoms. The summed E-state index contributed by atoms with van der Waals surface area (Å²) in [5.74, 6) is -0.553. The molecule has 1 aliphatic heterocycles. The van der Waals surface area contributed by atoms with Gasteiger partial charge in [0.25, 0.3) is 5.91 Å². The molecule has 0 bridgehead atoms. The van der Waals surface area contributed by atoms with Gasteiger partial charge in [0.15, 0.2) is 14.6 Å². The van der Waals surface area contributed by atoms with Gasteiger partial charge in [-0.25, -0.2) is 8.42 Å². The molecule has 1 aromatic heterocycles. The Morgan fingerprint density at radius 2 is 1.66 bits per heavy atom. The summed E-state index contributed by atoms with van der Waals surface area (Å²) in [4.78, 5) is 34.9. The lowest BCUT2D eigenvalue weighted by atomic mass is 10.1. The molecule has 2 heterocycles. The first-order valence-electron chi connectivity index (χ1n) is 11.2. The Kier molecular flexibility index (Phi) is 7.35. The van der Waals surface area contributed by atoms with Crippen LogP contribution in [0.3, 0.4) is 0 Å². The van der Waals surface area contributed by atoms with Gasteiger partial charge in [-0.1, -0.05) is 35.1 Å². The summed E-state index contributed by atoms with van der Waals surface area (Å²) in [6.45, 7) is 3.46. The van der Waals surface area contributed by atoms with Crippen molar-refractivity contribution in [1.82, 2.24) is 14.4 Å². The largest absolute Gasteiger partial charge is 0.339 e. The van der Waals surface area contributed by atoms with Crippen molar-refractivity contribution in [2.45, 2.75) is 18.2 Å². The number of halogens is 1. The zero-order valence-electron chi connectivity index (χ0n) is 19.8. The van der Waals surface area contributed by atoms with Crippen LogP contribution < -0.4 is 4.80 Å². The Labute approximate surface area is 213 Å². The number of aromatic nitrogens is 1. The Morgan fingerprint density at radius 1 is 1.03 bits per heavy atom. The van der Waals surface area contributed by atoms with E-state index in [1.807, 2.05) is 18.5 Å². The van der Waals surface area contributed by atoms with Crippen LogP contribution in [0.4, 0.5) is 0 Å². The molecule has 11 heteroatoms. The molecule has 0 aliphatic carbocycles. The van der Waals surface area contributed by atoms with E-state index in [4.69, 9.17) is 11.6 Å². The van der Waals surface area contributed by atoms with Crippen molar-refractivity contribution < 1.29 is 18.0 Å². The van der Waals surface area contributed by atoms with Gasteiger partial charge in [-0.3, -0.25) is 14.6 Å². The lowest BCUT2D eigenvalue weighted by molar-refractivity contribution is -0.132. The number of carbonyl (C=O) groups excluding carboxylic acids is 2. The number of rotatable bonds is 5. The quantitative estimate of drug-likeness (QED) is 0.503. The molecule has 0 N–H and O–H groups in total. The summed E-state index contributed by atoms with van der Waals surface area (Å²) in [7, 11) is -0.0471. The standard InChI is InChI=1S/C24H27ClN4O4S2/c1-16-22(34-24(26-2)27(16)3)23(31)29-11-9-28(10-12-29)21(30)8-13-35(32,33)20-7-5-17-14-19(25)6-4-18(17)15-20/h4-7,14-15H,8-13H2,1-3H3. The zero-order valence-corrected chi connectivity index (χ0v) is 22.2. The maximum atomic E-state index is 13.0. The second-order valence-corrected chi connectivity index (χ2v) is 12.0. The average molecular weight is 535 g/mol. The Morgan fingerprint density at radius 3 is 2.31 bits per heavy atom. The van der Waals surface area contributed by atoms with E-state index in [2.05, 4.69) is 4.99 Å². The van der Waals surface area contributed by atoms with Crippen molar-refractivity contribution in [3.63, 3.8) is 0 Å². The second kappa shape index (κ2) is 10.1. The van der Waals surface area contributed by atoms with Gasteiger partial charge in [-0.15, -0.1) is 0 Å². The van der Waals surface area contributed by atoms with Crippen molar-refractivity contribution in [2.75, 3.05) is 39.0 Å². The number of thiazole rings is 1. The van der Waals surface area contributed by atoms with E-state index < -0.39 is 9.84 Å². The van der Waals surface area contributed by atoms with Crippen LogP contribution in [0.1, 0.15) is 21.8 Å². The monoisotopic (exact) mass is 534 g/mol. The van der Waals surface area contributed by atoms with E-state index in [1.54, 1.807) is 53.2 Å². The molecule has 3 aromatic rings. The molecule has 0 spiro atoms. The smallest absolute Gasteiger partial charge is 0.265 e. The Hall–Kier alpha value is -2.69. The number of hydrogen-bond acceptors (Lipinski definition) is 6. The Bertz CT molecular complexity index is 1470. The molecule has 8 nitrogen and oxygen atoms in total. The molecule has 1 fully saturated rings. The minimum atomic E-state index is -3.62. The van der Waals surface area contributed by atoms with Crippen molar-refractivity contribution in [3.05, 3.63) is 56.8 Å². The highest BCUT2D eigenvalue weighted by Crippen LogP contribution is 2.24. The fourth-order valence-electron chi connectivity index (χ4n) is 4.11. The van der Waals surface area contributed by atoms with E-state index in [9.17, 15) is 18.0 Å². The van der Waals surface area contributed by atoms with Crippen molar-refractivity contribution in [3.8, 4) is 0 Å². The van der Waals surface area contributed by atoms with Gasteiger partial charge in [0.1, 0.15) is 4.88 Å². The van der Waals surface area contributed by atoms with E-state index in [0.717, 1.165) is 21.3 Å². The lowest BCUT2D eigenvalue weighted by Crippen LogP contribution is -2.50. The van der Waals surface area contributed by atoms with Gasteiger partial charge in [-0.2, -0.15) is 0 Å². The van der Waals surface area contributed by atoms with Crippen LogP contribution in [-0.2, 0) is 21.7 Å². The zero-order chi connectivity index (χ0) is 25.3. The van der Waals surface area contributed by atoms with Crippen LogP contribution in [-0.4, -0.2) is 73.6 Å². The second-order valence-electron chi connectivity index (χ2n) is 8.48. The predicted molar refractivity (Wildman–Crippen MR) is 138 cm³/mol. The van der Waals surface area contributed by atoms with E-state index >= 15 is 0 Å². The number of benzene rings is 2. The summed E-state index contributed by atoms with van der Waals surface area (Å²) in [5, 5.41) is 2.21. The van der Waals surface area contributed by atoms with Gasteiger partial charge in [0.2, 0.25) is 5.91 Å². The van der Waals surface area contributed by atoms with Crippen LogP contribution in [0.25, 0.3) is 10.8 Å².